The van der Waals surface area contributed by atoms with Gasteiger partial charge in [0.25, 0.3) is 0 Å². The molecule has 1 saturated heterocycles. The number of aromatic nitrogens is 3. The van der Waals surface area contributed by atoms with Gasteiger partial charge in [-0.1, -0.05) is 73.4 Å². The first-order valence-electron chi connectivity index (χ1n) is 18.1. The van der Waals surface area contributed by atoms with E-state index in [1.807, 2.05) is 46.8 Å². The molecule has 3 N–H and O–H groups in total. The van der Waals surface area contributed by atoms with Crippen LogP contribution in [0.15, 0.2) is 42.7 Å². The summed E-state index contributed by atoms with van der Waals surface area (Å²) >= 11 is 0. The number of esters is 3. The van der Waals surface area contributed by atoms with Crippen LogP contribution in [0.1, 0.15) is 92.3 Å². The lowest BCUT2D eigenvalue weighted by atomic mass is 9.87. The van der Waals surface area contributed by atoms with E-state index in [1.54, 1.807) is 32.0 Å². The monoisotopic (exact) mass is 770 g/mol. The highest BCUT2D eigenvalue weighted by atomic mass is 31.2. The Kier molecular flexibility index (Phi) is 13.8. The molecule has 1 aliphatic heterocycles. The molecule has 16 nitrogen and oxygen atoms in total. The zero-order chi connectivity index (χ0) is 39.8. The standard InChI is InChI=1S/C37H51N6O10P/c1-9-24(10-2)19-48-35(46)23(5)42-54(47,53-26-15-13-25(14-16-26)36(6,7)8)49-20-28-32(50-30(44)11-3)33(51-31(45)12-4)37(21-38,52-28)29-18-17-27-34(39)40-22-41-43(27)29/h13-18,22-24,28,32-33H,9-12,19-20H2,1-8H3,(H,42,47)(H2,39,40,41)/t23-,28+,32+,33+,37-,54?/m0/s1. The zero-order valence-corrected chi connectivity index (χ0v) is 33.0. The van der Waals surface area contributed by atoms with Crippen molar-refractivity contribution in [3.8, 4) is 11.8 Å². The Morgan fingerprint density at radius 2 is 1.70 bits per heavy atom. The minimum atomic E-state index is -4.50. The van der Waals surface area contributed by atoms with Crippen LogP contribution in [0.2, 0.25) is 0 Å². The highest BCUT2D eigenvalue weighted by Crippen LogP contribution is 2.49. The molecule has 54 heavy (non-hydrogen) atoms. The van der Waals surface area contributed by atoms with Crippen molar-refractivity contribution < 1.29 is 46.9 Å². The Hall–Kier alpha value is -4.55. The molecule has 1 unspecified atom stereocenters. The van der Waals surface area contributed by atoms with E-state index >= 15 is 0 Å². The molecule has 294 valence electrons. The van der Waals surface area contributed by atoms with E-state index in [1.165, 1.54) is 23.8 Å². The van der Waals surface area contributed by atoms with Crippen LogP contribution in [0.25, 0.3) is 5.52 Å². The summed E-state index contributed by atoms with van der Waals surface area (Å²) in [5.74, 6) is -1.67. The molecule has 0 bridgehead atoms. The number of fused-ring (bicyclic) bond motifs is 1. The van der Waals surface area contributed by atoms with Gasteiger partial charge in [-0.15, -0.1) is 0 Å². The molecular weight excluding hydrogens is 719 g/mol. The van der Waals surface area contributed by atoms with Gasteiger partial charge in [-0.25, -0.2) is 14.1 Å². The summed E-state index contributed by atoms with van der Waals surface area (Å²) in [5, 5.41) is 17.7. The van der Waals surface area contributed by atoms with Crippen molar-refractivity contribution >= 4 is 37.0 Å². The number of nitrogens with two attached hydrogens (primary N) is 1. The second-order valence-corrected chi connectivity index (χ2v) is 15.8. The van der Waals surface area contributed by atoms with Gasteiger partial charge in [0.1, 0.15) is 35.8 Å². The fraction of sp³-hybridized carbons (Fsp3) is 0.568. The van der Waals surface area contributed by atoms with E-state index in [-0.39, 0.29) is 48.0 Å². The fourth-order valence-electron chi connectivity index (χ4n) is 5.82. The molecule has 1 fully saturated rings. The van der Waals surface area contributed by atoms with E-state index in [4.69, 9.17) is 33.7 Å². The van der Waals surface area contributed by atoms with Gasteiger partial charge in [-0.3, -0.25) is 18.9 Å². The lowest BCUT2D eigenvalue weighted by Crippen LogP contribution is -2.46. The van der Waals surface area contributed by atoms with E-state index in [2.05, 4.69) is 21.2 Å². The Balaban J connectivity index is 1.74. The summed E-state index contributed by atoms with van der Waals surface area (Å²) in [6.07, 6.45) is -1.72. The predicted octanol–water partition coefficient (Wildman–Crippen LogP) is 5.53. The third-order valence-electron chi connectivity index (χ3n) is 9.21. The van der Waals surface area contributed by atoms with Gasteiger partial charge >= 0.3 is 25.7 Å². The second-order valence-electron chi connectivity index (χ2n) is 14.1. The number of rotatable bonds is 17. The molecule has 0 saturated carbocycles. The molecule has 1 aliphatic rings. The molecule has 1 aromatic carbocycles. The van der Waals surface area contributed by atoms with Crippen molar-refractivity contribution in [2.75, 3.05) is 18.9 Å². The molecule has 17 heteroatoms. The Morgan fingerprint density at radius 3 is 2.30 bits per heavy atom. The number of benzene rings is 1. The average molecular weight is 771 g/mol. The second kappa shape index (κ2) is 17.7. The van der Waals surface area contributed by atoms with Crippen molar-refractivity contribution in [2.24, 2.45) is 5.92 Å². The number of nitrogens with one attached hydrogen (secondary N) is 1. The SMILES string of the molecule is CCC(=O)O[C@H]1[C@@H](OC(=O)CC)[C@](C#N)(c2ccc3c(N)ncnn23)O[C@@H]1COP(=O)(N[C@@H](C)C(=O)OCC(CC)CC)Oc1ccc(C(C)(C)C)cc1. The highest BCUT2D eigenvalue weighted by molar-refractivity contribution is 7.52. The van der Waals surface area contributed by atoms with Crippen LogP contribution in [0.3, 0.4) is 0 Å². The minimum Gasteiger partial charge on any atom is -0.464 e. The quantitative estimate of drug-likeness (QED) is 0.0980. The third kappa shape index (κ3) is 9.57. The average Bonchev–Trinajstić information content (AvgIpc) is 3.71. The number of carbonyl (C=O) groups is 3. The van der Waals surface area contributed by atoms with E-state index in [9.17, 15) is 24.2 Å². The maximum Gasteiger partial charge on any atom is 0.459 e. The van der Waals surface area contributed by atoms with E-state index in [0.29, 0.717) is 5.52 Å². The summed E-state index contributed by atoms with van der Waals surface area (Å²) in [6, 6.07) is 10.9. The molecule has 0 spiro atoms. The highest BCUT2D eigenvalue weighted by Gasteiger charge is 2.62. The van der Waals surface area contributed by atoms with Crippen LogP contribution in [-0.2, 0) is 53.4 Å². The lowest BCUT2D eigenvalue weighted by Gasteiger charge is -2.28. The van der Waals surface area contributed by atoms with Crippen LogP contribution in [0.5, 0.6) is 5.75 Å². The summed E-state index contributed by atoms with van der Waals surface area (Å²) < 4.78 is 51.4. The molecule has 0 amide bonds. The number of hydrogen-bond donors (Lipinski definition) is 2. The van der Waals surface area contributed by atoms with Crippen molar-refractivity contribution in [3.05, 3.63) is 54.0 Å². The van der Waals surface area contributed by atoms with Crippen LogP contribution in [0, 0.1) is 17.2 Å². The molecule has 0 radical (unpaired) electrons. The van der Waals surface area contributed by atoms with E-state index < -0.39 is 62.2 Å². The maximum atomic E-state index is 14.6. The fourth-order valence-corrected chi connectivity index (χ4v) is 7.32. The molecule has 6 atom stereocenters. The van der Waals surface area contributed by atoms with Crippen LogP contribution < -0.4 is 15.3 Å². The smallest absolute Gasteiger partial charge is 0.459 e. The molecular formula is C37H51N6O10P. The Labute approximate surface area is 315 Å². The molecule has 3 heterocycles. The van der Waals surface area contributed by atoms with Crippen molar-refractivity contribution in [3.63, 3.8) is 0 Å². The topological polar surface area (TPSA) is 216 Å². The predicted molar refractivity (Wildman–Crippen MR) is 197 cm³/mol. The molecule has 0 aliphatic carbocycles. The van der Waals surface area contributed by atoms with Gasteiger partial charge < -0.3 is 29.2 Å². The summed E-state index contributed by atoms with van der Waals surface area (Å²) in [4.78, 5) is 42.8. The zero-order valence-electron chi connectivity index (χ0n) is 32.1. The lowest BCUT2D eigenvalue weighted by molar-refractivity contribution is -0.169. The van der Waals surface area contributed by atoms with Gasteiger partial charge in [0, 0.05) is 12.8 Å². The van der Waals surface area contributed by atoms with Gasteiger partial charge in [0.05, 0.1) is 18.9 Å². The van der Waals surface area contributed by atoms with Crippen LogP contribution in [0.4, 0.5) is 5.82 Å². The Bertz CT molecular complexity index is 1870. The van der Waals surface area contributed by atoms with Gasteiger partial charge in [-0.2, -0.15) is 15.4 Å². The number of nitriles is 1. The van der Waals surface area contributed by atoms with Crippen LogP contribution >= 0.6 is 7.75 Å². The molecule has 2 aromatic heterocycles. The molecule has 4 rings (SSSR count). The number of nitrogen functional groups attached to an aromatic ring is 1. The first-order valence-corrected chi connectivity index (χ1v) is 19.6. The van der Waals surface area contributed by atoms with Crippen LogP contribution in [-0.4, -0.2) is 70.1 Å². The summed E-state index contributed by atoms with van der Waals surface area (Å²) in [5.41, 5.74) is 5.16. The number of carbonyl (C=O) groups excluding carboxylic acids is 3. The van der Waals surface area contributed by atoms with Crippen molar-refractivity contribution in [2.45, 2.75) is 116 Å². The number of hydrogen-bond acceptors (Lipinski definition) is 14. The first kappa shape index (κ1) is 42.2. The maximum absolute atomic E-state index is 14.6. The summed E-state index contributed by atoms with van der Waals surface area (Å²) in [6.45, 7) is 14.3. The van der Waals surface area contributed by atoms with Crippen molar-refractivity contribution in [1.82, 2.24) is 19.7 Å². The van der Waals surface area contributed by atoms with Gasteiger partial charge in [-0.05, 0) is 48.1 Å². The number of anilines is 1. The minimum absolute atomic E-state index is 0.0693. The van der Waals surface area contributed by atoms with Gasteiger partial charge in [0.15, 0.2) is 18.0 Å². The normalized spacial score (nSPS) is 21.6. The summed E-state index contributed by atoms with van der Waals surface area (Å²) in [7, 11) is -4.50. The Morgan fingerprint density at radius 1 is 1.06 bits per heavy atom. The van der Waals surface area contributed by atoms with Gasteiger partial charge in [0.2, 0.25) is 5.60 Å². The molecule has 3 aromatic rings. The third-order valence-corrected chi connectivity index (χ3v) is 10.9. The first-order chi connectivity index (χ1) is 25.5. The largest absolute Gasteiger partial charge is 0.464 e. The van der Waals surface area contributed by atoms with Crippen molar-refractivity contribution in [1.29, 1.82) is 5.26 Å². The van der Waals surface area contributed by atoms with E-state index in [0.717, 1.165) is 18.4 Å². The number of ether oxygens (including phenoxy) is 4. The number of nitrogens with zero attached hydrogens (tertiary/aromatic N) is 4.